The van der Waals surface area contributed by atoms with Crippen LogP contribution in [0.25, 0.3) is 0 Å². The Morgan fingerprint density at radius 1 is 0.875 bits per heavy atom. The molecule has 2 fully saturated rings. The molecular weight excluding hydrogens is 431 g/mol. The summed E-state index contributed by atoms with van der Waals surface area (Å²) in [7, 11) is 0. The van der Waals surface area contributed by atoms with Crippen molar-refractivity contribution in [2.45, 2.75) is 67.6 Å². The molecule has 0 radical (unpaired) electrons. The topological polar surface area (TPSA) is 0 Å². The lowest BCUT2D eigenvalue weighted by atomic mass is 9.68. The van der Waals surface area contributed by atoms with Gasteiger partial charge < -0.3 is 0 Å². The van der Waals surface area contributed by atoms with E-state index in [1.54, 1.807) is 0 Å². The average Bonchev–Trinajstić information content (AvgIpc) is 2.57. The van der Waals surface area contributed by atoms with E-state index in [1.165, 1.54) is 19.1 Å². The Morgan fingerprint density at radius 2 is 1.54 bits per heavy atom. The minimum absolute atomic E-state index is 0.0114. The summed E-state index contributed by atoms with van der Waals surface area (Å²) < 4.78 is 58.1. The number of hydrogen-bond donors (Lipinski definition) is 0. The third kappa shape index (κ3) is 3.47. The average molecular weight is 454 g/mol. The minimum atomic E-state index is -1.75. The maximum absolute atomic E-state index is 14.8. The Kier molecular flexibility index (Phi) is 5.77. The summed E-state index contributed by atoms with van der Waals surface area (Å²) in [6.07, 6.45) is 1.63. The molecule has 0 amide bonds. The van der Waals surface area contributed by atoms with Crippen molar-refractivity contribution in [2.75, 3.05) is 0 Å². The fourth-order valence-electron chi connectivity index (χ4n) is 4.43. The van der Waals surface area contributed by atoms with Crippen LogP contribution in [0.5, 0.6) is 0 Å². The highest BCUT2D eigenvalue weighted by Gasteiger charge is 2.45. The normalized spacial score (nSPS) is 37.4. The van der Waals surface area contributed by atoms with E-state index in [4.69, 9.17) is 0 Å². The van der Waals surface area contributed by atoms with Crippen LogP contribution in [0.4, 0.5) is 17.6 Å². The van der Waals surface area contributed by atoms with Gasteiger partial charge in [0, 0.05) is 9.84 Å². The molecule has 134 valence electrons. The molecule has 0 heterocycles. The van der Waals surface area contributed by atoms with Crippen molar-refractivity contribution in [1.82, 2.24) is 0 Å². The highest BCUT2D eigenvalue weighted by atomic mass is 127. The fourth-order valence-corrected chi connectivity index (χ4v) is 5.14. The predicted molar refractivity (Wildman–Crippen MR) is 96.1 cm³/mol. The van der Waals surface area contributed by atoms with Crippen LogP contribution in [0.15, 0.2) is 12.1 Å². The number of alkyl halides is 3. The van der Waals surface area contributed by atoms with E-state index >= 15 is 0 Å². The molecule has 1 aromatic carbocycles. The minimum Gasteiger partial charge on any atom is -0.244 e. The van der Waals surface area contributed by atoms with Crippen molar-refractivity contribution in [3.8, 4) is 0 Å². The molecule has 24 heavy (non-hydrogen) atoms. The number of aryl methyl sites for hydroxylation is 1. The molecule has 3 rings (SSSR count). The molecule has 0 nitrogen and oxygen atoms in total. The maximum atomic E-state index is 14.8. The summed E-state index contributed by atoms with van der Waals surface area (Å²) in [5, 5.41) is 0. The molecule has 0 spiro atoms. The number of halogens is 5. The summed E-state index contributed by atoms with van der Waals surface area (Å²) in [4.78, 5) is 0. The van der Waals surface area contributed by atoms with Gasteiger partial charge in [-0.2, -0.15) is 0 Å². The molecule has 2 aliphatic rings. The van der Waals surface area contributed by atoms with Crippen LogP contribution in [-0.2, 0) is 0 Å². The summed E-state index contributed by atoms with van der Waals surface area (Å²) in [6, 6.07) is 2.86. The lowest BCUT2D eigenvalue weighted by Crippen LogP contribution is -2.41. The molecule has 2 saturated carbocycles. The van der Waals surface area contributed by atoms with E-state index in [2.05, 4.69) is 22.6 Å². The molecule has 0 saturated heterocycles. The standard InChI is InChI=1S/C19H23F4I/c1-10-2-7-14(18(22)16(10)20)15-9-8-13(17(21)19(15)23)11-3-5-12(24)6-4-11/h2,7,11-13,15,17,19H,3-6,8-9H2,1H3. The molecule has 0 bridgehead atoms. The van der Waals surface area contributed by atoms with Gasteiger partial charge in [0.15, 0.2) is 11.6 Å². The second-order valence-electron chi connectivity index (χ2n) is 7.35. The lowest BCUT2D eigenvalue weighted by Gasteiger charge is -2.41. The Labute approximate surface area is 154 Å². The Balaban J connectivity index is 1.75. The van der Waals surface area contributed by atoms with Crippen molar-refractivity contribution in [3.05, 3.63) is 34.9 Å². The second-order valence-corrected chi connectivity index (χ2v) is 9.11. The first-order valence-electron chi connectivity index (χ1n) is 8.76. The van der Waals surface area contributed by atoms with Crippen LogP contribution in [0.1, 0.15) is 55.6 Å². The number of hydrogen-bond acceptors (Lipinski definition) is 0. The highest BCUT2D eigenvalue weighted by Crippen LogP contribution is 2.47. The van der Waals surface area contributed by atoms with Crippen molar-refractivity contribution in [1.29, 1.82) is 0 Å². The highest BCUT2D eigenvalue weighted by molar-refractivity contribution is 14.1. The molecule has 0 N–H and O–H groups in total. The summed E-state index contributed by atoms with van der Waals surface area (Å²) in [5.74, 6) is -2.90. The van der Waals surface area contributed by atoms with Crippen LogP contribution in [-0.4, -0.2) is 16.3 Å². The van der Waals surface area contributed by atoms with E-state index in [1.807, 2.05) is 0 Å². The van der Waals surface area contributed by atoms with Gasteiger partial charge in [-0.25, -0.2) is 17.6 Å². The van der Waals surface area contributed by atoms with Gasteiger partial charge in [0.2, 0.25) is 0 Å². The van der Waals surface area contributed by atoms with Gasteiger partial charge in [-0.3, -0.25) is 0 Å². The third-order valence-electron chi connectivity index (χ3n) is 5.92. The van der Waals surface area contributed by atoms with E-state index in [9.17, 15) is 17.6 Å². The van der Waals surface area contributed by atoms with Crippen LogP contribution in [0.3, 0.4) is 0 Å². The van der Waals surface area contributed by atoms with E-state index in [-0.39, 0.29) is 23.0 Å². The van der Waals surface area contributed by atoms with Gasteiger partial charge >= 0.3 is 0 Å². The summed E-state index contributed by atoms with van der Waals surface area (Å²) in [5.41, 5.74) is 0.176. The maximum Gasteiger partial charge on any atom is 0.162 e. The quantitative estimate of drug-likeness (QED) is 0.274. The zero-order valence-electron chi connectivity index (χ0n) is 13.8. The first-order chi connectivity index (χ1) is 11.4. The van der Waals surface area contributed by atoms with E-state index < -0.39 is 29.9 Å². The molecule has 2 aliphatic carbocycles. The second kappa shape index (κ2) is 7.50. The van der Waals surface area contributed by atoms with E-state index in [0.29, 0.717) is 16.8 Å². The van der Waals surface area contributed by atoms with Crippen LogP contribution >= 0.6 is 22.6 Å². The first kappa shape index (κ1) is 18.5. The van der Waals surface area contributed by atoms with Crippen LogP contribution < -0.4 is 0 Å². The Morgan fingerprint density at radius 3 is 2.21 bits per heavy atom. The van der Waals surface area contributed by atoms with E-state index in [0.717, 1.165) is 25.7 Å². The van der Waals surface area contributed by atoms with Gasteiger partial charge in [0.25, 0.3) is 0 Å². The number of benzene rings is 1. The molecule has 4 unspecified atom stereocenters. The monoisotopic (exact) mass is 454 g/mol. The Hall–Kier alpha value is -0.330. The Bertz CT molecular complexity index is 583. The van der Waals surface area contributed by atoms with Crippen molar-refractivity contribution >= 4 is 22.6 Å². The largest absolute Gasteiger partial charge is 0.244 e. The first-order valence-corrected chi connectivity index (χ1v) is 10.0. The van der Waals surface area contributed by atoms with Crippen molar-refractivity contribution in [2.24, 2.45) is 11.8 Å². The zero-order chi connectivity index (χ0) is 17.4. The molecule has 5 heteroatoms. The predicted octanol–water partition coefficient (Wildman–Crippen LogP) is 6.44. The lowest BCUT2D eigenvalue weighted by molar-refractivity contribution is 0.0128. The van der Waals surface area contributed by atoms with Gasteiger partial charge in [0.1, 0.15) is 12.3 Å². The third-order valence-corrected chi connectivity index (χ3v) is 7.17. The van der Waals surface area contributed by atoms with Crippen LogP contribution in [0.2, 0.25) is 0 Å². The summed E-state index contributed by atoms with van der Waals surface area (Å²) >= 11 is 2.42. The van der Waals surface area contributed by atoms with Gasteiger partial charge in [-0.15, -0.1) is 0 Å². The van der Waals surface area contributed by atoms with Gasteiger partial charge in [0.05, 0.1) is 0 Å². The van der Waals surface area contributed by atoms with Crippen molar-refractivity contribution in [3.63, 3.8) is 0 Å². The number of rotatable bonds is 2. The van der Waals surface area contributed by atoms with Crippen LogP contribution in [0, 0.1) is 30.4 Å². The molecule has 0 aromatic heterocycles. The zero-order valence-corrected chi connectivity index (χ0v) is 15.9. The van der Waals surface area contributed by atoms with Gasteiger partial charge in [-0.05, 0) is 68.4 Å². The molecular formula is C19H23F4I. The smallest absolute Gasteiger partial charge is 0.162 e. The summed E-state index contributed by atoms with van der Waals surface area (Å²) in [6.45, 7) is 1.47. The molecule has 4 atom stereocenters. The molecule has 1 aromatic rings. The molecule has 0 aliphatic heterocycles. The SMILES string of the molecule is Cc1ccc(C2CCC(C3CCC(I)CC3)C(F)C2F)c(F)c1F. The van der Waals surface area contributed by atoms with Gasteiger partial charge in [-0.1, -0.05) is 34.7 Å². The fraction of sp³-hybridized carbons (Fsp3) is 0.684. The van der Waals surface area contributed by atoms with Crippen molar-refractivity contribution < 1.29 is 17.6 Å².